The van der Waals surface area contributed by atoms with E-state index in [4.69, 9.17) is 16.7 Å². The molecule has 1 amide bonds. The number of nitriles is 1. The van der Waals surface area contributed by atoms with Crippen LogP contribution in [0, 0.1) is 17.1 Å². The van der Waals surface area contributed by atoms with E-state index >= 15 is 0 Å². The zero-order valence-corrected chi connectivity index (χ0v) is 16.1. The monoisotopic (exact) mass is 409 g/mol. The van der Waals surface area contributed by atoms with Crippen molar-refractivity contribution in [1.29, 1.82) is 5.26 Å². The summed E-state index contributed by atoms with van der Waals surface area (Å²) >= 11 is 0.972. The Balaban J connectivity index is 2.08. The highest BCUT2D eigenvalue weighted by atomic mass is 32.1. The van der Waals surface area contributed by atoms with Gasteiger partial charge in [0.1, 0.15) is 28.6 Å². The molecule has 9 heteroatoms. The Kier molecular flexibility index (Phi) is 5.57. The quantitative estimate of drug-likeness (QED) is 0.603. The topological polar surface area (TPSA) is 126 Å². The Labute approximate surface area is 170 Å². The van der Waals surface area contributed by atoms with Crippen LogP contribution in [0.2, 0.25) is 0 Å². The maximum atomic E-state index is 14.2. The smallest absolute Gasteiger partial charge is 0.240 e. The maximum absolute atomic E-state index is 14.2. The third-order valence-electron chi connectivity index (χ3n) is 4.24. The minimum absolute atomic E-state index is 0.00496. The number of rotatable bonds is 6. The van der Waals surface area contributed by atoms with E-state index in [-0.39, 0.29) is 32.9 Å². The van der Waals surface area contributed by atoms with Gasteiger partial charge in [0.05, 0.1) is 5.56 Å². The maximum Gasteiger partial charge on any atom is 0.240 e. The Hall–Kier alpha value is -3.77. The van der Waals surface area contributed by atoms with Crippen molar-refractivity contribution in [2.24, 2.45) is 5.73 Å². The Bertz CT molecular complexity index is 1120. The van der Waals surface area contributed by atoms with Crippen LogP contribution < -0.4 is 16.4 Å². The van der Waals surface area contributed by atoms with Crippen molar-refractivity contribution in [3.8, 4) is 6.07 Å². The van der Waals surface area contributed by atoms with Crippen molar-refractivity contribution < 1.29 is 14.0 Å². The van der Waals surface area contributed by atoms with E-state index in [1.54, 1.807) is 36.4 Å². The Morgan fingerprint density at radius 3 is 2.52 bits per heavy atom. The van der Waals surface area contributed by atoms with Crippen LogP contribution >= 0.6 is 11.3 Å². The van der Waals surface area contributed by atoms with Crippen molar-refractivity contribution in [1.82, 2.24) is 4.98 Å². The number of amides is 1. The largest absolute Gasteiger partial charge is 0.382 e. The number of thiazole rings is 1. The number of carbonyl (C=O) groups excluding carboxylic acids is 2. The van der Waals surface area contributed by atoms with Gasteiger partial charge >= 0.3 is 0 Å². The van der Waals surface area contributed by atoms with Crippen molar-refractivity contribution >= 4 is 39.7 Å². The number of hydrogen-bond donors (Lipinski definition) is 2. The molecule has 1 unspecified atom stereocenters. The fourth-order valence-electron chi connectivity index (χ4n) is 2.68. The second-order valence-corrected chi connectivity index (χ2v) is 7.11. The van der Waals surface area contributed by atoms with Gasteiger partial charge < -0.3 is 16.4 Å². The molecule has 0 saturated carbocycles. The number of hydrogen-bond acceptors (Lipinski definition) is 7. The molecule has 0 bridgehead atoms. The molecule has 29 heavy (non-hydrogen) atoms. The summed E-state index contributed by atoms with van der Waals surface area (Å²) < 4.78 is 14.2. The molecule has 0 aliphatic heterocycles. The summed E-state index contributed by atoms with van der Waals surface area (Å²) in [4.78, 5) is 30.4. The Morgan fingerprint density at radius 1 is 1.24 bits per heavy atom. The van der Waals surface area contributed by atoms with Crippen molar-refractivity contribution in [3.05, 3.63) is 70.4 Å². The van der Waals surface area contributed by atoms with E-state index in [1.807, 2.05) is 0 Å². The van der Waals surface area contributed by atoms with Gasteiger partial charge in [0.25, 0.3) is 0 Å². The molecule has 1 atom stereocenters. The number of anilines is 3. The molecule has 0 radical (unpaired) electrons. The second kappa shape index (κ2) is 8.08. The molecule has 1 aromatic heterocycles. The lowest BCUT2D eigenvalue weighted by molar-refractivity contribution is -0.118. The highest BCUT2D eigenvalue weighted by Gasteiger charge is 2.28. The first-order valence-corrected chi connectivity index (χ1v) is 9.29. The van der Waals surface area contributed by atoms with Crippen LogP contribution in [0.4, 0.5) is 21.0 Å². The van der Waals surface area contributed by atoms with E-state index in [9.17, 15) is 14.0 Å². The number of primary amides is 1. The van der Waals surface area contributed by atoms with Crippen LogP contribution in [0.3, 0.4) is 0 Å². The van der Waals surface area contributed by atoms with E-state index in [1.165, 1.54) is 24.0 Å². The molecule has 3 aromatic rings. The van der Waals surface area contributed by atoms with Gasteiger partial charge in [-0.25, -0.2) is 9.37 Å². The molecule has 3 rings (SSSR count). The first kappa shape index (κ1) is 20.0. The number of nitrogens with zero attached hydrogens (tertiary/aromatic N) is 3. The molecular weight excluding hydrogens is 393 g/mol. The number of carbonyl (C=O) groups is 2. The number of halogens is 1. The predicted octanol–water partition coefficient (Wildman–Crippen LogP) is 2.98. The lowest BCUT2D eigenvalue weighted by Gasteiger charge is -2.26. The molecular formula is C20H16FN5O2S. The van der Waals surface area contributed by atoms with Gasteiger partial charge in [-0.05, 0) is 25.1 Å². The first-order chi connectivity index (χ1) is 13.8. The van der Waals surface area contributed by atoms with Crippen LogP contribution in [0.25, 0.3) is 0 Å². The molecule has 146 valence electrons. The van der Waals surface area contributed by atoms with Crippen LogP contribution in [0.15, 0.2) is 48.5 Å². The van der Waals surface area contributed by atoms with E-state index in [0.717, 1.165) is 17.4 Å². The molecule has 0 spiro atoms. The number of nitrogen functional groups attached to an aromatic ring is 1. The number of aromatic nitrogens is 1. The summed E-state index contributed by atoms with van der Waals surface area (Å²) in [6.07, 6.45) is 0. The lowest BCUT2D eigenvalue weighted by atomic mass is 10.1. The molecule has 2 aromatic carbocycles. The molecule has 0 aliphatic rings. The van der Waals surface area contributed by atoms with Gasteiger partial charge in [0.15, 0.2) is 5.13 Å². The number of nitrogens with two attached hydrogens (primary N) is 2. The molecule has 0 aliphatic carbocycles. The van der Waals surface area contributed by atoms with Gasteiger partial charge in [-0.2, -0.15) is 5.26 Å². The SMILES string of the molecule is CC(C(N)=O)N(c1ccc(C#N)c(F)c1)c1nc(N)c(C(=O)c2ccccc2)s1. The minimum atomic E-state index is -0.910. The third kappa shape index (κ3) is 3.93. The molecule has 4 N–H and O–H groups in total. The number of benzene rings is 2. The summed E-state index contributed by atoms with van der Waals surface area (Å²) in [5.74, 6) is -1.75. The van der Waals surface area contributed by atoms with Gasteiger partial charge in [0, 0.05) is 11.3 Å². The summed E-state index contributed by atoms with van der Waals surface area (Å²) in [7, 11) is 0. The minimum Gasteiger partial charge on any atom is -0.382 e. The molecule has 0 fully saturated rings. The van der Waals surface area contributed by atoms with Gasteiger partial charge in [-0.1, -0.05) is 41.7 Å². The highest BCUT2D eigenvalue weighted by Crippen LogP contribution is 2.36. The van der Waals surface area contributed by atoms with Crippen LogP contribution in [-0.4, -0.2) is 22.7 Å². The highest BCUT2D eigenvalue weighted by molar-refractivity contribution is 7.18. The molecule has 0 saturated heterocycles. The first-order valence-electron chi connectivity index (χ1n) is 8.47. The normalized spacial score (nSPS) is 11.5. The summed E-state index contributed by atoms with van der Waals surface area (Å²) in [6, 6.07) is 13.2. The van der Waals surface area contributed by atoms with Gasteiger partial charge in [0.2, 0.25) is 11.7 Å². The van der Waals surface area contributed by atoms with Gasteiger partial charge in [-0.3, -0.25) is 9.59 Å². The number of ketones is 1. The summed E-state index contributed by atoms with van der Waals surface area (Å²) in [5.41, 5.74) is 12.0. The van der Waals surface area contributed by atoms with Gasteiger partial charge in [-0.15, -0.1) is 0 Å². The molecule has 7 nitrogen and oxygen atoms in total. The predicted molar refractivity (Wildman–Crippen MR) is 108 cm³/mol. The van der Waals surface area contributed by atoms with E-state index in [0.29, 0.717) is 5.56 Å². The van der Waals surface area contributed by atoms with E-state index < -0.39 is 17.8 Å². The zero-order valence-electron chi connectivity index (χ0n) is 15.3. The van der Waals surface area contributed by atoms with Crippen LogP contribution in [-0.2, 0) is 4.79 Å². The second-order valence-electron chi connectivity index (χ2n) is 6.13. The van der Waals surface area contributed by atoms with Crippen molar-refractivity contribution in [2.75, 3.05) is 10.6 Å². The van der Waals surface area contributed by atoms with E-state index in [2.05, 4.69) is 4.98 Å². The summed E-state index contributed by atoms with van der Waals surface area (Å²) in [5, 5.41) is 9.14. The van der Waals surface area contributed by atoms with Crippen LogP contribution in [0.5, 0.6) is 0 Å². The fraction of sp³-hybridized carbons (Fsp3) is 0.100. The third-order valence-corrected chi connectivity index (χ3v) is 5.31. The van der Waals surface area contributed by atoms with Crippen molar-refractivity contribution in [3.63, 3.8) is 0 Å². The standard InChI is InChI=1S/C20H16FN5O2S/c1-11(19(24)28)26(14-8-7-13(10-22)15(21)9-14)20-25-18(23)17(29-20)16(27)12-5-3-2-4-6-12/h2-9,11H,23H2,1H3,(H2,24,28). The Morgan fingerprint density at radius 2 is 1.93 bits per heavy atom. The molecule has 1 heterocycles. The van der Waals surface area contributed by atoms with Crippen LogP contribution in [0.1, 0.15) is 27.7 Å². The zero-order chi connectivity index (χ0) is 21.1. The van der Waals surface area contributed by atoms with Crippen molar-refractivity contribution in [2.45, 2.75) is 13.0 Å². The average molecular weight is 409 g/mol. The summed E-state index contributed by atoms with van der Waals surface area (Å²) in [6.45, 7) is 1.52. The average Bonchev–Trinajstić information content (AvgIpc) is 3.09. The fourth-order valence-corrected chi connectivity index (χ4v) is 3.73. The lowest BCUT2D eigenvalue weighted by Crippen LogP contribution is -2.40.